The summed E-state index contributed by atoms with van der Waals surface area (Å²) in [5.74, 6) is -0.294. The number of anilines is 1. The van der Waals surface area contributed by atoms with E-state index < -0.39 is 0 Å². The maximum atomic E-state index is 12.4. The highest BCUT2D eigenvalue weighted by molar-refractivity contribution is 5.95. The number of likely N-dealkylation sites (tertiary alicyclic amines) is 1. The van der Waals surface area contributed by atoms with Crippen LogP contribution in [0.4, 0.5) is 5.95 Å². The van der Waals surface area contributed by atoms with Crippen LogP contribution < -0.4 is 16.8 Å². The van der Waals surface area contributed by atoms with Gasteiger partial charge in [-0.1, -0.05) is 12.1 Å². The Kier molecular flexibility index (Phi) is 5.97. The normalized spacial score (nSPS) is 17.4. The van der Waals surface area contributed by atoms with Crippen LogP contribution in [-0.2, 0) is 4.79 Å². The molecule has 1 aliphatic heterocycles. The van der Waals surface area contributed by atoms with Crippen molar-refractivity contribution in [3.63, 3.8) is 0 Å². The Hall–Kier alpha value is -3.00. The number of primary amides is 1. The fraction of sp³-hybridized carbons (Fsp3) is 0.368. The number of carbonyl (C=O) groups excluding carboxylic acids is 2. The quantitative estimate of drug-likeness (QED) is 0.687. The van der Waals surface area contributed by atoms with Crippen LogP contribution in [0.1, 0.15) is 23.2 Å². The summed E-state index contributed by atoms with van der Waals surface area (Å²) >= 11 is 0. The van der Waals surface area contributed by atoms with Crippen molar-refractivity contribution in [3.8, 4) is 11.3 Å². The molecule has 2 amide bonds. The first kappa shape index (κ1) is 18.8. The molecule has 3 rings (SSSR count). The van der Waals surface area contributed by atoms with Crippen molar-refractivity contribution in [3.05, 3.63) is 42.1 Å². The molecule has 8 heteroatoms. The van der Waals surface area contributed by atoms with E-state index in [1.54, 1.807) is 24.4 Å². The lowest BCUT2D eigenvalue weighted by molar-refractivity contribution is -0.123. The van der Waals surface area contributed by atoms with Crippen LogP contribution in [0.5, 0.6) is 0 Å². The standard InChI is InChI=1S/C19H24N6O2/c20-17(26)15-5-2-9-25(12-15)10-8-22-18(27)14-4-1-3-13(11-14)16-6-7-23-19(21)24-16/h1,3-4,6-7,11,15H,2,5,8-10,12H2,(H2,20,26)(H,22,27)(H2,21,23,24). The molecule has 5 N–H and O–H groups in total. The number of carbonyl (C=O) groups is 2. The molecule has 1 aliphatic rings. The molecule has 8 nitrogen and oxygen atoms in total. The van der Waals surface area contributed by atoms with E-state index in [2.05, 4.69) is 20.2 Å². The molecule has 2 aromatic rings. The van der Waals surface area contributed by atoms with Gasteiger partial charge in [-0.15, -0.1) is 0 Å². The largest absolute Gasteiger partial charge is 0.369 e. The van der Waals surface area contributed by atoms with Gasteiger partial charge in [0.25, 0.3) is 5.91 Å². The SMILES string of the molecule is NC(=O)C1CCCN(CCNC(=O)c2cccc(-c3ccnc(N)n3)c2)C1. The molecule has 27 heavy (non-hydrogen) atoms. The van der Waals surface area contributed by atoms with Gasteiger partial charge in [-0.25, -0.2) is 9.97 Å². The van der Waals surface area contributed by atoms with Gasteiger partial charge in [-0.3, -0.25) is 9.59 Å². The Labute approximate surface area is 158 Å². The summed E-state index contributed by atoms with van der Waals surface area (Å²) in [4.78, 5) is 34.0. The van der Waals surface area contributed by atoms with Gasteiger partial charge in [0.2, 0.25) is 11.9 Å². The van der Waals surface area contributed by atoms with Crippen molar-refractivity contribution in [2.45, 2.75) is 12.8 Å². The van der Waals surface area contributed by atoms with E-state index in [-0.39, 0.29) is 23.7 Å². The number of hydrogen-bond donors (Lipinski definition) is 3. The van der Waals surface area contributed by atoms with Gasteiger partial charge in [0.1, 0.15) is 0 Å². The fourth-order valence-corrected chi connectivity index (χ4v) is 3.27. The Balaban J connectivity index is 1.55. The lowest BCUT2D eigenvalue weighted by Crippen LogP contribution is -2.44. The van der Waals surface area contributed by atoms with Crippen LogP contribution in [0.15, 0.2) is 36.5 Å². The topological polar surface area (TPSA) is 127 Å². The van der Waals surface area contributed by atoms with Crippen LogP contribution in [0.2, 0.25) is 0 Å². The summed E-state index contributed by atoms with van der Waals surface area (Å²) in [6.45, 7) is 2.78. The molecule has 0 spiro atoms. The minimum atomic E-state index is -0.245. The first-order valence-electron chi connectivity index (χ1n) is 9.02. The summed E-state index contributed by atoms with van der Waals surface area (Å²) in [5, 5.41) is 2.93. The third-order valence-corrected chi connectivity index (χ3v) is 4.72. The van der Waals surface area contributed by atoms with Crippen molar-refractivity contribution in [1.29, 1.82) is 0 Å². The molecule has 1 aromatic heterocycles. The van der Waals surface area contributed by atoms with E-state index >= 15 is 0 Å². The molecular weight excluding hydrogens is 344 g/mol. The van der Waals surface area contributed by atoms with Gasteiger partial charge in [0.05, 0.1) is 11.6 Å². The third-order valence-electron chi connectivity index (χ3n) is 4.72. The monoisotopic (exact) mass is 368 g/mol. The van der Waals surface area contributed by atoms with Crippen molar-refractivity contribution in [2.24, 2.45) is 11.7 Å². The van der Waals surface area contributed by atoms with Crippen LogP contribution >= 0.6 is 0 Å². The number of aromatic nitrogens is 2. The predicted octanol–water partition coefficient (Wildman–Crippen LogP) is 0.653. The lowest BCUT2D eigenvalue weighted by atomic mass is 9.97. The second-order valence-corrected chi connectivity index (χ2v) is 6.68. The maximum absolute atomic E-state index is 12.4. The summed E-state index contributed by atoms with van der Waals surface area (Å²) in [6, 6.07) is 8.97. The molecule has 1 aromatic carbocycles. The predicted molar refractivity (Wildman–Crippen MR) is 103 cm³/mol. The number of nitrogens with two attached hydrogens (primary N) is 2. The average Bonchev–Trinajstić information content (AvgIpc) is 2.68. The zero-order valence-corrected chi connectivity index (χ0v) is 15.1. The Morgan fingerprint density at radius 3 is 2.93 bits per heavy atom. The van der Waals surface area contributed by atoms with Crippen molar-refractivity contribution < 1.29 is 9.59 Å². The Morgan fingerprint density at radius 1 is 1.30 bits per heavy atom. The number of nitrogens with one attached hydrogen (secondary N) is 1. The zero-order valence-electron chi connectivity index (χ0n) is 15.1. The van der Waals surface area contributed by atoms with Crippen molar-refractivity contribution in [2.75, 3.05) is 31.9 Å². The van der Waals surface area contributed by atoms with Gasteiger partial charge in [0, 0.05) is 37.0 Å². The van der Waals surface area contributed by atoms with Gasteiger partial charge in [0.15, 0.2) is 0 Å². The molecule has 1 atom stereocenters. The highest BCUT2D eigenvalue weighted by Crippen LogP contribution is 2.18. The van der Waals surface area contributed by atoms with Crippen LogP contribution in [-0.4, -0.2) is 52.9 Å². The van der Waals surface area contributed by atoms with E-state index in [0.29, 0.717) is 30.9 Å². The molecule has 1 fully saturated rings. The Bertz CT molecular complexity index is 825. The molecule has 0 aliphatic carbocycles. The molecular formula is C19H24N6O2. The minimum absolute atomic E-state index is 0.0913. The Morgan fingerprint density at radius 2 is 2.15 bits per heavy atom. The summed E-state index contributed by atoms with van der Waals surface area (Å²) in [5.41, 5.74) is 13.1. The average molecular weight is 368 g/mol. The fourth-order valence-electron chi connectivity index (χ4n) is 3.27. The molecule has 142 valence electrons. The molecule has 1 unspecified atom stereocenters. The van der Waals surface area contributed by atoms with E-state index in [1.165, 1.54) is 0 Å². The number of hydrogen-bond acceptors (Lipinski definition) is 6. The summed E-state index contributed by atoms with van der Waals surface area (Å²) in [7, 11) is 0. The van der Waals surface area contributed by atoms with Crippen molar-refractivity contribution >= 4 is 17.8 Å². The lowest BCUT2D eigenvalue weighted by Gasteiger charge is -2.31. The second kappa shape index (κ2) is 8.59. The molecule has 1 saturated heterocycles. The minimum Gasteiger partial charge on any atom is -0.369 e. The van der Waals surface area contributed by atoms with E-state index in [1.807, 2.05) is 12.1 Å². The molecule has 0 radical (unpaired) electrons. The number of piperidine rings is 1. The van der Waals surface area contributed by atoms with E-state index in [9.17, 15) is 9.59 Å². The smallest absolute Gasteiger partial charge is 0.251 e. The van der Waals surface area contributed by atoms with Crippen LogP contribution in [0, 0.1) is 5.92 Å². The number of rotatable bonds is 6. The first-order valence-corrected chi connectivity index (χ1v) is 9.02. The number of amides is 2. The van der Waals surface area contributed by atoms with Crippen LogP contribution in [0.25, 0.3) is 11.3 Å². The number of nitrogen functional groups attached to an aromatic ring is 1. The van der Waals surface area contributed by atoms with Crippen molar-refractivity contribution in [1.82, 2.24) is 20.2 Å². The maximum Gasteiger partial charge on any atom is 0.251 e. The van der Waals surface area contributed by atoms with E-state index in [0.717, 1.165) is 24.9 Å². The number of nitrogens with zero attached hydrogens (tertiary/aromatic N) is 3. The van der Waals surface area contributed by atoms with E-state index in [4.69, 9.17) is 11.5 Å². The molecule has 0 bridgehead atoms. The highest BCUT2D eigenvalue weighted by Gasteiger charge is 2.23. The van der Waals surface area contributed by atoms with Crippen LogP contribution in [0.3, 0.4) is 0 Å². The van der Waals surface area contributed by atoms with Gasteiger partial charge in [-0.2, -0.15) is 0 Å². The van der Waals surface area contributed by atoms with Gasteiger partial charge in [-0.05, 0) is 37.6 Å². The molecule has 2 heterocycles. The molecule has 0 saturated carbocycles. The van der Waals surface area contributed by atoms with Gasteiger partial charge < -0.3 is 21.7 Å². The highest BCUT2D eigenvalue weighted by atomic mass is 16.2. The summed E-state index contributed by atoms with van der Waals surface area (Å²) < 4.78 is 0. The van der Waals surface area contributed by atoms with Gasteiger partial charge >= 0.3 is 0 Å². The first-order chi connectivity index (χ1) is 13.0. The zero-order chi connectivity index (χ0) is 19.2. The third kappa shape index (κ3) is 5.01. The second-order valence-electron chi connectivity index (χ2n) is 6.68. The number of benzene rings is 1. The summed E-state index contributed by atoms with van der Waals surface area (Å²) in [6.07, 6.45) is 3.38.